The maximum Gasteiger partial charge on any atom is 0.191 e. The summed E-state index contributed by atoms with van der Waals surface area (Å²) in [4.78, 5) is 2.56. The Bertz CT molecular complexity index is 859. The zero-order chi connectivity index (χ0) is 17.8. The highest BCUT2D eigenvalue weighted by Gasteiger charge is 2.15. The first-order chi connectivity index (χ1) is 12.8. The van der Waals surface area contributed by atoms with Crippen LogP contribution in [0.5, 0.6) is 0 Å². The number of hydrogen-bond acceptors (Lipinski definition) is 4. The lowest BCUT2D eigenvalue weighted by Crippen LogP contribution is -2.31. The van der Waals surface area contributed by atoms with Gasteiger partial charge in [0, 0.05) is 31.5 Å². The SMILES string of the molecule is Cn1c(SCCCN2CCc3ccccc3C2)nnc1-c1ccccc1. The Labute approximate surface area is 159 Å². The topological polar surface area (TPSA) is 34.0 Å². The van der Waals surface area contributed by atoms with Gasteiger partial charge >= 0.3 is 0 Å². The number of fused-ring (bicyclic) bond motifs is 1. The van der Waals surface area contributed by atoms with Crippen molar-refractivity contribution in [2.75, 3.05) is 18.8 Å². The average molecular weight is 365 g/mol. The number of aromatic nitrogens is 3. The summed E-state index contributed by atoms with van der Waals surface area (Å²) in [5.74, 6) is 2.00. The number of thioether (sulfide) groups is 1. The maximum atomic E-state index is 4.37. The predicted molar refractivity (Wildman–Crippen MR) is 107 cm³/mol. The van der Waals surface area contributed by atoms with Crippen molar-refractivity contribution in [2.24, 2.45) is 7.05 Å². The third kappa shape index (κ3) is 3.84. The van der Waals surface area contributed by atoms with Gasteiger partial charge in [0.2, 0.25) is 0 Å². The van der Waals surface area contributed by atoms with Gasteiger partial charge < -0.3 is 4.57 Å². The summed E-state index contributed by atoms with van der Waals surface area (Å²) < 4.78 is 2.09. The van der Waals surface area contributed by atoms with E-state index in [1.54, 1.807) is 11.8 Å². The molecule has 1 aliphatic rings. The van der Waals surface area contributed by atoms with E-state index in [0.717, 1.165) is 35.4 Å². The van der Waals surface area contributed by atoms with Crippen LogP contribution in [0.15, 0.2) is 59.8 Å². The molecular weight excluding hydrogens is 340 g/mol. The van der Waals surface area contributed by atoms with Gasteiger partial charge in [-0.2, -0.15) is 0 Å². The molecule has 0 unspecified atom stereocenters. The van der Waals surface area contributed by atoms with E-state index in [4.69, 9.17) is 0 Å². The first kappa shape index (κ1) is 17.3. The Balaban J connectivity index is 1.28. The maximum absolute atomic E-state index is 4.37. The molecule has 5 heteroatoms. The molecule has 0 bridgehead atoms. The number of benzene rings is 2. The zero-order valence-electron chi connectivity index (χ0n) is 15.1. The molecule has 0 N–H and O–H groups in total. The van der Waals surface area contributed by atoms with Gasteiger partial charge in [-0.15, -0.1) is 10.2 Å². The van der Waals surface area contributed by atoms with Crippen molar-refractivity contribution in [3.8, 4) is 11.4 Å². The van der Waals surface area contributed by atoms with Crippen LogP contribution in [-0.4, -0.2) is 38.5 Å². The molecule has 1 aliphatic heterocycles. The molecule has 0 saturated carbocycles. The van der Waals surface area contributed by atoms with Gasteiger partial charge in [0.1, 0.15) is 0 Å². The first-order valence-corrected chi connectivity index (χ1v) is 10.2. The van der Waals surface area contributed by atoms with Crippen LogP contribution in [-0.2, 0) is 20.0 Å². The van der Waals surface area contributed by atoms with Crippen molar-refractivity contribution in [1.82, 2.24) is 19.7 Å². The molecule has 0 spiro atoms. The third-order valence-electron chi connectivity index (χ3n) is 4.93. The van der Waals surface area contributed by atoms with E-state index in [9.17, 15) is 0 Å². The second-order valence-corrected chi connectivity index (χ2v) is 7.79. The van der Waals surface area contributed by atoms with Crippen LogP contribution in [0.4, 0.5) is 0 Å². The monoisotopic (exact) mass is 364 g/mol. The molecule has 4 nitrogen and oxygen atoms in total. The van der Waals surface area contributed by atoms with E-state index in [0.29, 0.717) is 0 Å². The minimum absolute atomic E-state index is 0.931. The summed E-state index contributed by atoms with van der Waals surface area (Å²) in [6.45, 7) is 3.40. The molecule has 0 saturated heterocycles. The van der Waals surface area contributed by atoms with Crippen molar-refractivity contribution in [3.63, 3.8) is 0 Å². The molecule has 1 aromatic heterocycles. The fourth-order valence-electron chi connectivity index (χ4n) is 3.48. The molecule has 26 heavy (non-hydrogen) atoms. The van der Waals surface area contributed by atoms with Crippen LogP contribution in [0.3, 0.4) is 0 Å². The van der Waals surface area contributed by atoms with Crippen molar-refractivity contribution < 1.29 is 0 Å². The fourth-order valence-corrected chi connectivity index (χ4v) is 4.31. The van der Waals surface area contributed by atoms with Crippen molar-refractivity contribution in [2.45, 2.75) is 24.5 Å². The van der Waals surface area contributed by atoms with Crippen molar-refractivity contribution in [3.05, 3.63) is 65.7 Å². The predicted octanol–water partition coefficient (Wildman–Crippen LogP) is 4.02. The Kier molecular flexibility index (Phi) is 5.37. The number of hydrogen-bond donors (Lipinski definition) is 0. The van der Waals surface area contributed by atoms with Crippen LogP contribution >= 0.6 is 11.8 Å². The molecule has 2 heterocycles. The summed E-state index contributed by atoms with van der Waals surface area (Å²) in [5.41, 5.74) is 4.12. The summed E-state index contributed by atoms with van der Waals surface area (Å²) in [5, 5.41) is 9.72. The highest BCUT2D eigenvalue weighted by atomic mass is 32.2. The molecular formula is C21H24N4S. The van der Waals surface area contributed by atoms with Crippen LogP contribution in [0.1, 0.15) is 17.5 Å². The Morgan fingerprint density at radius 1 is 0.962 bits per heavy atom. The van der Waals surface area contributed by atoms with Gasteiger partial charge in [-0.05, 0) is 30.5 Å². The van der Waals surface area contributed by atoms with Crippen LogP contribution in [0.25, 0.3) is 11.4 Å². The molecule has 4 rings (SSSR count). The molecule has 134 valence electrons. The minimum atomic E-state index is 0.931. The van der Waals surface area contributed by atoms with Gasteiger partial charge in [-0.25, -0.2) is 0 Å². The van der Waals surface area contributed by atoms with Gasteiger partial charge in [0.15, 0.2) is 11.0 Å². The van der Waals surface area contributed by atoms with E-state index in [-0.39, 0.29) is 0 Å². The van der Waals surface area contributed by atoms with E-state index in [1.807, 2.05) is 25.2 Å². The summed E-state index contributed by atoms with van der Waals surface area (Å²) in [6, 6.07) is 19.1. The Hall–Kier alpha value is -2.11. The highest BCUT2D eigenvalue weighted by molar-refractivity contribution is 7.99. The summed E-state index contributed by atoms with van der Waals surface area (Å²) in [6.07, 6.45) is 2.34. The third-order valence-corrected chi connectivity index (χ3v) is 6.03. The normalized spacial score (nSPS) is 14.3. The van der Waals surface area contributed by atoms with Crippen LogP contribution in [0.2, 0.25) is 0 Å². The molecule has 0 atom stereocenters. The largest absolute Gasteiger partial charge is 0.305 e. The Morgan fingerprint density at radius 2 is 1.73 bits per heavy atom. The Morgan fingerprint density at radius 3 is 2.58 bits per heavy atom. The van der Waals surface area contributed by atoms with Gasteiger partial charge in [-0.1, -0.05) is 66.4 Å². The number of nitrogens with zero attached hydrogens (tertiary/aromatic N) is 4. The van der Waals surface area contributed by atoms with Gasteiger partial charge in [0.25, 0.3) is 0 Å². The van der Waals surface area contributed by atoms with E-state index in [2.05, 4.69) is 56.1 Å². The van der Waals surface area contributed by atoms with Crippen LogP contribution in [0, 0.1) is 0 Å². The highest BCUT2D eigenvalue weighted by Crippen LogP contribution is 2.23. The lowest BCUT2D eigenvalue weighted by Gasteiger charge is -2.28. The first-order valence-electron chi connectivity index (χ1n) is 9.18. The standard InChI is InChI=1S/C21H24N4S/c1-24-20(18-9-3-2-4-10-18)22-23-21(24)26-15-7-13-25-14-12-17-8-5-6-11-19(17)16-25/h2-6,8-11H,7,12-16H2,1H3. The van der Waals surface area contributed by atoms with Gasteiger partial charge in [-0.3, -0.25) is 4.90 Å². The molecule has 3 aromatic rings. The quantitative estimate of drug-likeness (QED) is 0.489. The second-order valence-electron chi connectivity index (χ2n) is 6.73. The number of rotatable bonds is 6. The van der Waals surface area contributed by atoms with E-state index < -0.39 is 0 Å². The lowest BCUT2D eigenvalue weighted by atomic mass is 10.00. The smallest absolute Gasteiger partial charge is 0.191 e. The average Bonchev–Trinajstić information content (AvgIpc) is 3.06. The van der Waals surface area contributed by atoms with Gasteiger partial charge in [0.05, 0.1) is 0 Å². The molecule has 2 aromatic carbocycles. The van der Waals surface area contributed by atoms with E-state index >= 15 is 0 Å². The fraction of sp³-hybridized carbons (Fsp3) is 0.333. The summed E-state index contributed by atoms with van der Waals surface area (Å²) in [7, 11) is 2.05. The lowest BCUT2D eigenvalue weighted by molar-refractivity contribution is 0.255. The second kappa shape index (κ2) is 8.06. The molecule has 0 radical (unpaired) electrons. The van der Waals surface area contributed by atoms with Crippen molar-refractivity contribution in [1.29, 1.82) is 0 Å². The van der Waals surface area contributed by atoms with E-state index in [1.165, 1.54) is 30.5 Å². The molecule has 0 amide bonds. The molecule has 0 aliphatic carbocycles. The summed E-state index contributed by atoms with van der Waals surface area (Å²) >= 11 is 1.80. The zero-order valence-corrected chi connectivity index (χ0v) is 16.0. The molecule has 0 fully saturated rings. The van der Waals surface area contributed by atoms with Crippen molar-refractivity contribution >= 4 is 11.8 Å². The van der Waals surface area contributed by atoms with Crippen LogP contribution < -0.4 is 0 Å². The minimum Gasteiger partial charge on any atom is -0.305 e.